The minimum Gasteiger partial charge on any atom is -0.192 e. The van der Waals surface area contributed by atoms with Crippen LogP contribution in [0.3, 0.4) is 0 Å². The van der Waals surface area contributed by atoms with Crippen LogP contribution in [0.1, 0.15) is 11.1 Å². The Morgan fingerprint density at radius 3 is 2.19 bits per heavy atom. The first-order chi connectivity index (χ1) is 7.70. The van der Waals surface area contributed by atoms with Gasteiger partial charge in [-0.25, -0.2) is 0 Å². The van der Waals surface area contributed by atoms with E-state index in [9.17, 15) is 0 Å². The summed E-state index contributed by atoms with van der Waals surface area (Å²) >= 11 is 5.84. The van der Waals surface area contributed by atoms with Crippen molar-refractivity contribution in [3.63, 3.8) is 0 Å². The molecule has 0 radical (unpaired) electrons. The van der Waals surface area contributed by atoms with Gasteiger partial charge in [0.2, 0.25) is 0 Å². The highest BCUT2D eigenvalue weighted by Gasteiger charge is 2.01. The van der Waals surface area contributed by atoms with Crippen LogP contribution in [0.25, 0.3) is 11.1 Å². The molecule has 2 aromatic rings. The molecule has 0 fully saturated rings. The van der Waals surface area contributed by atoms with E-state index in [-0.39, 0.29) is 0 Å². The molecule has 0 amide bonds. The largest absolute Gasteiger partial charge is 0.192 e. The van der Waals surface area contributed by atoms with Crippen molar-refractivity contribution in [3.8, 4) is 17.2 Å². The molecule has 0 aliphatic rings. The summed E-state index contributed by atoms with van der Waals surface area (Å²) in [5.41, 5.74) is 3.93. The second-order valence-corrected chi connectivity index (χ2v) is 4.08. The molecule has 0 bridgehead atoms. The fraction of sp³-hybridized carbons (Fsp3) is 0.0714. The summed E-state index contributed by atoms with van der Waals surface area (Å²) in [6, 6.07) is 15.7. The molecule has 1 nitrogen and oxygen atoms in total. The van der Waals surface area contributed by atoms with Crippen molar-refractivity contribution in [3.05, 3.63) is 58.6 Å². The summed E-state index contributed by atoms with van der Waals surface area (Å²) in [5, 5.41) is 9.58. The lowest BCUT2D eigenvalue weighted by Crippen LogP contribution is -1.84. The zero-order valence-corrected chi connectivity index (χ0v) is 9.62. The fourth-order valence-electron chi connectivity index (χ4n) is 1.61. The normalized spacial score (nSPS) is 9.81. The van der Waals surface area contributed by atoms with E-state index in [1.54, 1.807) is 0 Å². The molecule has 0 unspecified atom stereocenters. The molecule has 0 aliphatic carbocycles. The standard InChI is InChI=1S/C14H10ClN/c1-10-8-12(2-3-13(10)9-16)11-4-6-14(15)7-5-11/h2-8H,1H3. The predicted octanol–water partition coefficient (Wildman–Crippen LogP) is 4.19. The zero-order valence-electron chi connectivity index (χ0n) is 8.87. The van der Waals surface area contributed by atoms with Crippen molar-refractivity contribution in [1.29, 1.82) is 5.26 Å². The highest BCUT2D eigenvalue weighted by atomic mass is 35.5. The average Bonchev–Trinajstić information content (AvgIpc) is 2.30. The van der Waals surface area contributed by atoms with Crippen LogP contribution < -0.4 is 0 Å². The van der Waals surface area contributed by atoms with E-state index in [1.807, 2.05) is 49.4 Å². The molecule has 78 valence electrons. The molecule has 0 heterocycles. The lowest BCUT2D eigenvalue weighted by Gasteiger charge is -2.04. The van der Waals surface area contributed by atoms with Gasteiger partial charge in [-0.3, -0.25) is 0 Å². The van der Waals surface area contributed by atoms with E-state index in [0.29, 0.717) is 0 Å². The van der Waals surface area contributed by atoms with Crippen LogP contribution in [0.4, 0.5) is 0 Å². The molecule has 0 atom stereocenters. The second-order valence-electron chi connectivity index (χ2n) is 3.65. The first-order valence-electron chi connectivity index (χ1n) is 4.97. The molecule has 0 saturated carbocycles. The van der Waals surface area contributed by atoms with Gasteiger partial charge >= 0.3 is 0 Å². The number of nitriles is 1. The van der Waals surface area contributed by atoms with E-state index < -0.39 is 0 Å². The molecular weight excluding hydrogens is 218 g/mol. The topological polar surface area (TPSA) is 23.8 Å². The second kappa shape index (κ2) is 4.38. The summed E-state index contributed by atoms with van der Waals surface area (Å²) in [6.07, 6.45) is 0. The van der Waals surface area contributed by atoms with Gasteiger partial charge in [0.1, 0.15) is 0 Å². The summed E-state index contributed by atoms with van der Waals surface area (Å²) in [4.78, 5) is 0. The molecule has 0 spiro atoms. The number of benzene rings is 2. The van der Waals surface area contributed by atoms with Crippen molar-refractivity contribution in [2.45, 2.75) is 6.92 Å². The van der Waals surface area contributed by atoms with Crippen molar-refractivity contribution in [2.24, 2.45) is 0 Å². The van der Waals surface area contributed by atoms with Crippen molar-refractivity contribution in [2.75, 3.05) is 0 Å². The number of halogens is 1. The smallest absolute Gasteiger partial charge is 0.0994 e. The maximum absolute atomic E-state index is 8.85. The maximum Gasteiger partial charge on any atom is 0.0994 e. The molecule has 2 heteroatoms. The van der Waals surface area contributed by atoms with Gasteiger partial charge in [0.25, 0.3) is 0 Å². The summed E-state index contributed by atoms with van der Waals surface area (Å²) in [6.45, 7) is 1.94. The monoisotopic (exact) mass is 227 g/mol. The molecule has 2 rings (SSSR count). The fourth-order valence-corrected chi connectivity index (χ4v) is 1.74. The molecular formula is C14H10ClN. The molecule has 2 aromatic carbocycles. The Bertz CT molecular complexity index is 550. The summed E-state index contributed by atoms with van der Waals surface area (Å²) in [5.74, 6) is 0. The van der Waals surface area contributed by atoms with Gasteiger partial charge in [0.15, 0.2) is 0 Å². The van der Waals surface area contributed by atoms with Gasteiger partial charge in [-0.1, -0.05) is 35.9 Å². The van der Waals surface area contributed by atoms with E-state index in [1.165, 1.54) is 0 Å². The van der Waals surface area contributed by atoms with Crippen LogP contribution in [-0.2, 0) is 0 Å². The lowest BCUT2D eigenvalue weighted by atomic mass is 10.0. The minimum atomic E-state index is 0.720. The Kier molecular flexibility index (Phi) is 2.94. The van der Waals surface area contributed by atoms with Crippen molar-refractivity contribution >= 4 is 11.6 Å². The zero-order chi connectivity index (χ0) is 11.5. The van der Waals surface area contributed by atoms with Gasteiger partial charge in [0.05, 0.1) is 11.6 Å². The predicted molar refractivity (Wildman–Crippen MR) is 66.3 cm³/mol. The first kappa shape index (κ1) is 10.7. The Hall–Kier alpha value is -1.78. The Morgan fingerprint density at radius 2 is 1.62 bits per heavy atom. The first-order valence-corrected chi connectivity index (χ1v) is 5.35. The van der Waals surface area contributed by atoms with Crippen molar-refractivity contribution in [1.82, 2.24) is 0 Å². The third-order valence-electron chi connectivity index (χ3n) is 2.52. The van der Waals surface area contributed by atoms with Gasteiger partial charge in [0, 0.05) is 5.02 Å². The van der Waals surface area contributed by atoms with E-state index >= 15 is 0 Å². The van der Waals surface area contributed by atoms with Gasteiger partial charge in [-0.2, -0.15) is 5.26 Å². The number of hydrogen-bond donors (Lipinski definition) is 0. The van der Waals surface area contributed by atoms with Gasteiger partial charge in [-0.05, 0) is 41.8 Å². The third kappa shape index (κ3) is 2.08. The summed E-state index contributed by atoms with van der Waals surface area (Å²) < 4.78 is 0. The molecule has 0 saturated heterocycles. The highest BCUT2D eigenvalue weighted by Crippen LogP contribution is 2.23. The molecule has 0 N–H and O–H groups in total. The van der Waals surface area contributed by atoms with Crippen LogP contribution in [0.5, 0.6) is 0 Å². The van der Waals surface area contributed by atoms with Gasteiger partial charge in [-0.15, -0.1) is 0 Å². The quantitative estimate of drug-likeness (QED) is 0.717. The van der Waals surface area contributed by atoms with E-state index in [0.717, 1.165) is 27.3 Å². The van der Waals surface area contributed by atoms with Crippen LogP contribution >= 0.6 is 11.6 Å². The Morgan fingerprint density at radius 1 is 1.00 bits per heavy atom. The Labute approximate surface area is 99.9 Å². The number of hydrogen-bond acceptors (Lipinski definition) is 1. The van der Waals surface area contributed by atoms with Crippen LogP contribution in [-0.4, -0.2) is 0 Å². The third-order valence-corrected chi connectivity index (χ3v) is 2.78. The number of rotatable bonds is 1. The molecule has 0 aromatic heterocycles. The van der Waals surface area contributed by atoms with Crippen molar-refractivity contribution < 1.29 is 0 Å². The van der Waals surface area contributed by atoms with Crippen LogP contribution in [0.15, 0.2) is 42.5 Å². The Balaban J connectivity index is 2.46. The van der Waals surface area contributed by atoms with Crippen LogP contribution in [0, 0.1) is 18.3 Å². The maximum atomic E-state index is 8.85. The van der Waals surface area contributed by atoms with E-state index in [2.05, 4.69) is 6.07 Å². The molecule has 16 heavy (non-hydrogen) atoms. The van der Waals surface area contributed by atoms with Gasteiger partial charge < -0.3 is 0 Å². The average molecular weight is 228 g/mol. The number of aryl methyl sites for hydroxylation is 1. The number of nitrogens with zero attached hydrogens (tertiary/aromatic N) is 1. The van der Waals surface area contributed by atoms with E-state index in [4.69, 9.17) is 16.9 Å². The highest BCUT2D eigenvalue weighted by molar-refractivity contribution is 6.30. The van der Waals surface area contributed by atoms with Crippen LogP contribution in [0.2, 0.25) is 5.02 Å². The minimum absolute atomic E-state index is 0.720. The lowest BCUT2D eigenvalue weighted by molar-refractivity contribution is 1.39. The summed E-state index contributed by atoms with van der Waals surface area (Å²) in [7, 11) is 0. The molecule has 0 aliphatic heterocycles. The SMILES string of the molecule is Cc1cc(-c2ccc(Cl)cc2)ccc1C#N.